The lowest BCUT2D eigenvalue weighted by molar-refractivity contribution is -0.156. The molecule has 0 spiro atoms. The molecule has 0 aliphatic carbocycles. The molecule has 0 aliphatic heterocycles. The van der Waals surface area contributed by atoms with Crippen LogP contribution < -0.4 is 5.73 Å². The van der Waals surface area contributed by atoms with Gasteiger partial charge in [0.2, 0.25) is 0 Å². The SMILES string of the molecule is CCCCOC(=O)C(CC)(CC)CN. The standard InChI is InChI=1S/C11H23NO2/c1-4-7-8-14-10(13)11(5-2,6-3)9-12/h4-9,12H2,1-3H3. The minimum absolute atomic E-state index is 0.126. The molecule has 0 fully saturated rings. The summed E-state index contributed by atoms with van der Waals surface area (Å²) in [5.74, 6) is -0.126. The maximum Gasteiger partial charge on any atom is 0.313 e. The van der Waals surface area contributed by atoms with Crippen LogP contribution in [0, 0.1) is 5.41 Å². The van der Waals surface area contributed by atoms with Crippen molar-refractivity contribution in [2.45, 2.75) is 46.5 Å². The molecule has 0 amide bonds. The third kappa shape index (κ3) is 3.29. The van der Waals surface area contributed by atoms with E-state index in [1.54, 1.807) is 0 Å². The third-order valence-corrected chi connectivity index (χ3v) is 2.91. The first kappa shape index (κ1) is 13.4. The molecule has 0 atom stereocenters. The maximum atomic E-state index is 11.7. The average Bonchev–Trinajstić information content (AvgIpc) is 2.22. The van der Waals surface area contributed by atoms with Crippen LogP contribution >= 0.6 is 0 Å². The van der Waals surface area contributed by atoms with Crippen molar-refractivity contribution in [1.29, 1.82) is 0 Å². The van der Waals surface area contributed by atoms with E-state index in [4.69, 9.17) is 10.5 Å². The summed E-state index contributed by atoms with van der Waals surface area (Å²) in [6.07, 6.45) is 3.48. The second-order valence-electron chi connectivity index (χ2n) is 3.68. The van der Waals surface area contributed by atoms with E-state index in [1.165, 1.54) is 0 Å². The van der Waals surface area contributed by atoms with Crippen LogP contribution in [0.15, 0.2) is 0 Å². The highest BCUT2D eigenvalue weighted by Crippen LogP contribution is 2.26. The topological polar surface area (TPSA) is 52.3 Å². The molecule has 0 radical (unpaired) electrons. The lowest BCUT2D eigenvalue weighted by Gasteiger charge is -2.27. The van der Waals surface area contributed by atoms with Gasteiger partial charge in [0.05, 0.1) is 12.0 Å². The number of carbonyl (C=O) groups excluding carboxylic acids is 1. The second kappa shape index (κ2) is 6.82. The van der Waals surface area contributed by atoms with Gasteiger partial charge in [0.25, 0.3) is 0 Å². The van der Waals surface area contributed by atoms with E-state index in [2.05, 4.69) is 6.92 Å². The fourth-order valence-corrected chi connectivity index (χ4v) is 1.37. The Balaban J connectivity index is 4.15. The van der Waals surface area contributed by atoms with Crippen LogP contribution in [0.4, 0.5) is 0 Å². The van der Waals surface area contributed by atoms with Gasteiger partial charge in [-0.15, -0.1) is 0 Å². The van der Waals surface area contributed by atoms with Gasteiger partial charge in [-0.05, 0) is 19.3 Å². The van der Waals surface area contributed by atoms with E-state index in [1.807, 2.05) is 13.8 Å². The lowest BCUT2D eigenvalue weighted by Crippen LogP contribution is -2.39. The number of ether oxygens (including phenoxy) is 1. The molecule has 0 rings (SSSR count). The molecule has 0 aromatic rings. The largest absolute Gasteiger partial charge is 0.465 e. The molecular formula is C11H23NO2. The van der Waals surface area contributed by atoms with E-state index < -0.39 is 5.41 Å². The zero-order valence-corrected chi connectivity index (χ0v) is 9.64. The molecule has 14 heavy (non-hydrogen) atoms. The Morgan fingerprint density at radius 3 is 2.21 bits per heavy atom. The Labute approximate surface area is 87.0 Å². The monoisotopic (exact) mass is 201 g/mol. The Hall–Kier alpha value is -0.570. The van der Waals surface area contributed by atoms with Crippen molar-refractivity contribution >= 4 is 5.97 Å². The molecule has 84 valence electrons. The van der Waals surface area contributed by atoms with Crippen LogP contribution in [-0.4, -0.2) is 19.1 Å². The van der Waals surface area contributed by atoms with Crippen molar-refractivity contribution in [2.24, 2.45) is 11.1 Å². The Morgan fingerprint density at radius 2 is 1.86 bits per heavy atom. The van der Waals surface area contributed by atoms with Crippen molar-refractivity contribution in [3.63, 3.8) is 0 Å². The Morgan fingerprint density at radius 1 is 1.29 bits per heavy atom. The molecule has 0 saturated carbocycles. The lowest BCUT2D eigenvalue weighted by atomic mass is 9.82. The van der Waals surface area contributed by atoms with Crippen LogP contribution in [0.25, 0.3) is 0 Å². The van der Waals surface area contributed by atoms with Gasteiger partial charge in [-0.1, -0.05) is 27.2 Å². The van der Waals surface area contributed by atoms with Crippen LogP contribution in [-0.2, 0) is 9.53 Å². The van der Waals surface area contributed by atoms with E-state index in [0.717, 1.165) is 25.7 Å². The summed E-state index contributed by atoms with van der Waals surface area (Å²) >= 11 is 0. The maximum absolute atomic E-state index is 11.7. The quantitative estimate of drug-likeness (QED) is 0.507. The second-order valence-corrected chi connectivity index (χ2v) is 3.68. The molecule has 3 nitrogen and oxygen atoms in total. The molecule has 0 unspecified atom stereocenters. The van der Waals surface area contributed by atoms with Gasteiger partial charge in [0, 0.05) is 6.54 Å². The number of hydrogen-bond acceptors (Lipinski definition) is 3. The highest BCUT2D eigenvalue weighted by molar-refractivity contribution is 5.77. The first-order chi connectivity index (χ1) is 6.66. The van der Waals surface area contributed by atoms with E-state index in [-0.39, 0.29) is 5.97 Å². The molecule has 0 aromatic carbocycles. The first-order valence-corrected chi connectivity index (χ1v) is 5.54. The predicted molar refractivity (Wildman–Crippen MR) is 57.9 cm³/mol. The molecule has 0 aromatic heterocycles. The number of nitrogens with two attached hydrogens (primary N) is 1. The summed E-state index contributed by atoms with van der Waals surface area (Å²) in [6.45, 7) is 6.95. The fraction of sp³-hybridized carbons (Fsp3) is 0.909. The van der Waals surface area contributed by atoms with Crippen molar-refractivity contribution in [3.05, 3.63) is 0 Å². The van der Waals surface area contributed by atoms with Crippen molar-refractivity contribution < 1.29 is 9.53 Å². The smallest absolute Gasteiger partial charge is 0.313 e. The average molecular weight is 201 g/mol. The summed E-state index contributed by atoms with van der Waals surface area (Å²) in [4.78, 5) is 11.7. The van der Waals surface area contributed by atoms with Gasteiger partial charge in [-0.3, -0.25) is 4.79 Å². The number of rotatable bonds is 7. The van der Waals surface area contributed by atoms with E-state index in [0.29, 0.717) is 13.2 Å². The Bertz CT molecular complexity index is 156. The number of carbonyl (C=O) groups is 1. The minimum atomic E-state index is -0.451. The van der Waals surface area contributed by atoms with E-state index in [9.17, 15) is 4.79 Å². The molecule has 0 bridgehead atoms. The van der Waals surface area contributed by atoms with Crippen LogP contribution in [0.5, 0.6) is 0 Å². The van der Waals surface area contributed by atoms with Crippen molar-refractivity contribution in [3.8, 4) is 0 Å². The molecule has 0 saturated heterocycles. The molecule has 0 heterocycles. The van der Waals surface area contributed by atoms with Gasteiger partial charge in [0.1, 0.15) is 0 Å². The third-order valence-electron chi connectivity index (χ3n) is 2.91. The fourth-order valence-electron chi connectivity index (χ4n) is 1.37. The highest BCUT2D eigenvalue weighted by atomic mass is 16.5. The zero-order chi connectivity index (χ0) is 11.0. The normalized spacial score (nSPS) is 11.4. The summed E-state index contributed by atoms with van der Waals surface area (Å²) < 4.78 is 5.20. The van der Waals surface area contributed by atoms with Gasteiger partial charge < -0.3 is 10.5 Å². The van der Waals surface area contributed by atoms with Gasteiger partial charge in [-0.2, -0.15) is 0 Å². The number of unbranched alkanes of at least 4 members (excludes halogenated alkanes) is 1. The van der Waals surface area contributed by atoms with Gasteiger partial charge in [-0.25, -0.2) is 0 Å². The summed E-state index contributed by atoms with van der Waals surface area (Å²) in [6, 6.07) is 0. The van der Waals surface area contributed by atoms with Crippen LogP contribution in [0.2, 0.25) is 0 Å². The minimum Gasteiger partial charge on any atom is -0.465 e. The van der Waals surface area contributed by atoms with Crippen LogP contribution in [0.3, 0.4) is 0 Å². The van der Waals surface area contributed by atoms with Crippen molar-refractivity contribution in [1.82, 2.24) is 0 Å². The van der Waals surface area contributed by atoms with Crippen LogP contribution in [0.1, 0.15) is 46.5 Å². The van der Waals surface area contributed by atoms with Crippen molar-refractivity contribution in [2.75, 3.05) is 13.2 Å². The van der Waals surface area contributed by atoms with Gasteiger partial charge in [0.15, 0.2) is 0 Å². The predicted octanol–water partition coefficient (Wildman–Crippen LogP) is 2.09. The molecule has 3 heteroatoms. The summed E-state index contributed by atoms with van der Waals surface area (Å²) in [7, 11) is 0. The molecule has 2 N–H and O–H groups in total. The highest BCUT2D eigenvalue weighted by Gasteiger charge is 2.34. The Kier molecular flexibility index (Phi) is 6.54. The molecular weight excluding hydrogens is 178 g/mol. The summed E-state index contributed by atoms with van der Waals surface area (Å²) in [5, 5.41) is 0. The van der Waals surface area contributed by atoms with Gasteiger partial charge >= 0.3 is 5.97 Å². The van der Waals surface area contributed by atoms with E-state index >= 15 is 0 Å². The summed E-state index contributed by atoms with van der Waals surface area (Å²) in [5.41, 5.74) is 5.18. The zero-order valence-electron chi connectivity index (χ0n) is 9.64. The first-order valence-electron chi connectivity index (χ1n) is 5.54. The number of esters is 1. The molecule has 0 aliphatic rings. The number of hydrogen-bond donors (Lipinski definition) is 1.